The van der Waals surface area contributed by atoms with Crippen molar-refractivity contribution < 1.29 is 18.0 Å². The average molecular weight is 457 g/mol. The van der Waals surface area contributed by atoms with E-state index in [9.17, 15) is 18.0 Å². The molecule has 1 aromatic heterocycles. The molecule has 3 aromatic rings. The smallest absolute Gasteiger partial charge is 0.250 e. The number of thiazole rings is 1. The van der Waals surface area contributed by atoms with Crippen LogP contribution in [-0.2, 0) is 26.0 Å². The molecule has 2 aromatic carbocycles. The van der Waals surface area contributed by atoms with E-state index in [0.717, 1.165) is 11.8 Å². The van der Waals surface area contributed by atoms with Gasteiger partial charge in [0.1, 0.15) is 0 Å². The van der Waals surface area contributed by atoms with E-state index in [4.69, 9.17) is 0 Å². The van der Waals surface area contributed by atoms with Crippen molar-refractivity contribution in [3.8, 4) is 0 Å². The number of sulfonamides is 1. The van der Waals surface area contributed by atoms with Crippen LogP contribution in [0, 0.1) is 0 Å². The van der Waals surface area contributed by atoms with Gasteiger partial charge in [0.2, 0.25) is 21.8 Å². The van der Waals surface area contributed by atoms with Crippen LogP contribution in [0.5, 0.6) is 0 Å². The molecule has 31 heavy (non-hydrogen) atoms. The normalized spacial score (nSPS) is 11.3. The van der Waals surface area contributed by atoms with Gasteiger partial charge in [0.25, 0.3) is 0 Å². The Morgan fingerprint density at radius 2 is 1.77 bits per heavy atom. The quantitative estimate of drug-likeness (QED) is 0.450. The minimum Gasteiger partial charge on any atom is -0.326 e. The van der Waals surface area contributed by atoms with Crippen LogP contribution in [-0.4, -0.2) is 31.5 Å². The average Bonchev–Trinajstić information content (AvgIpc) is 3.12. The van der Waals surface area contributed by atoms with E-state index in [2.05, 4.69) is 20.3 Å². The van der Waals surface area contributed by atoms with Gasteiger partial charge in [0.15, 0.2) is 5.13 Å². The second-order valence-electron chi connectivity index (χ2n) is 6.56. The van der Waals surface area contributed by atoms with Crippen molar-refractivity contribution in [1.29, 1.82) is 0 Å². The predicted molar refractivity (Wildman–Crippen MR) is 123 cm³/mol. The maximum atomic E-state index is 12.3. The lowest BCUT2D eigenvalue weighted by molar-refractivity contribution is -0.115. The highest BCUT2D eigenvalue weighted by atomic mass is 32.2. The Morgan fingerprint density at radius 3 is 2.52 bits per heavy atom. The number of hydrogen-bond donors (Lipinski definition) is 3. The molecule has 0 fully saturated rings. The monoisotopic (exact) mass is 456 g/mol. The molecule has 0 radical (unpaired) electrons. The summed E-state index contributed by atoms with van der Waals surface area (Å²) in [4.78, 5) is 28.6. The number of anilines is 3. The molecule has 3 N–H and O–H groups in total. The minimum atomic E-state index is -3.41. The lowest BCUT2D eigenvalue weighted by Gasteiger charge is -2.08. The third-order valence-corrected chi connectivity index (χ3v) is 5.21. The van der Waals surface area contributed by atoms with E-state index < -0.39 is 10.0 Å². The van der Waals surface area contributed by atoms with E-state index in [0.29, 0.717) is 22.2 Å². The summed E-state index contributed by atoms with van der Waals surface area (Å²) in [6, 6.07) is 15.8. The molecule has 0 unspecified atom stereocenters. The van der Waals surface area contributed by atoms with Crippen LogP contribution in [0.3, 0.4) is 0 Å². The first kappa shape index (κ1) is 22.2. The van der Waals surface area contributed by atoms with E-state index in [-0.39, 0.29) is 18.2 Å². The number of carbonyl (C=O) groups excluding carboxylic acids is 2. The van der Waals surface area contributed by atoms with Crippen LogP contribution in [0.4, 0.5) is 16.5 Å². The van der Waals surface area contributed by atoms with Crippen molar-refractivity contribution in [3.63, 3.8) is 0 Å². The fourth-order valence-corrected chi connectivity index (χ4v) is 3.84. The molecule has 8 nitrogen and oxygen atoms in total. The van der Waals surface area contributed by atoms with Gasteiger partial charge in [-0.1, -0.05) is 36.4 Å². The maximum Gasteiger partial charge on any atom is 0.250 e. The molecule has 1 heterocycles. The molecule has 0 aliphatic carbocycles. The summed E-state index contributed by atoms with van der Waals surface area (Å²) in [7, 11) is -3.41. The third kappa shape index (κ3) is 7.68. The molecule has 0 spiro atoms. The molecule has 0 bridgehead atoms. The molecule has 160 valence electrons. The van der Waals surface area contributed by atoms with Gasteiger partial charge in [-0.15, -0.1) is 11.3 Å². The zero-order valence-corrected chi connectivity index (χ0v) is 18.2. The van der Waals surface area contributed by atoms with Crippen LogP contribution in [0.1, 0.15) is 11.3 Å². The van der Waals surface area contributed by atoms with Crippen molar-refractivity contribution in [3.05, 3.63) is 77.3 Å². The molecule has 2 amide bonds. The summed E-state index contributed by atoms with van der Waals surface area (Å²) in [5.41, 5.74) is 2.22. The lowest BCUT2D eigenvalue weighted by atomic mass is 10.2. The number of aromatic nitrogens is 1. The predicted octanol–water partition coefficient (Wildman–Crippen LogP) is 3.35. The second kappa shape index (κ2) is 10.0. The highest BCUT2D eigenvalue weighted by Crippen LogP contribution is 2.18. The van der Waals surface area contributed by atoms with Crippen molar-refractivity contribution in [1.82, 2.24) is 4.98 Å². The molecular weight excluding hydrogens is 436 g/mol. The standard InChI is InChI=1S/C21H20N4O4S2/c1-31(28,29)25-17-9-5-8-16(12-17)22-20(27)13-18-14-30-21(23-18)24-19(26)11-10-15-6-3-2-4-7-15/h2-12,14,25H,13H2,1H3,(H,22,27)(H,23,24,26)/b11-10+. The zero-order chi connectivity index (χ0) is 22.3. The maximum absolute atomic E-state index is 12.3. The molecule has 10 heteroatoms. The molecule has 0 saturated carbocycles. The lowest BCUT2D eigenvalue weighted by Crippen LogP contribution is -2.15. The van der Waals surface area contributed by atoms with Gasteiger partial charge in [-0.05, 0) is 29.8 Å². The molecule has 3 rings (SSSR count). The molecule has 0 aliphatic heterocycles. The topological polar surface area (TPSA) is 117 Å². The van der Waals surface area contributed by atoms with Gasteiger partial charge >= 0.3 is 0 Å². The number of nitrogens with one attached hydrogen (secondary N) is 3. The third-order valence-electron chi connectivity index (χ3n) is 3.80. The molecule has 0 saturated heterocycles. The van der Waals surface area contributed by atoms with Gasteiger partial charge in [-0.2, -0.15) is 0 Å². The summed E-state index contributed by atoms with van der Waals surface area (Å²) < 4.78 is 25.0. The minimum absolute atomic E-state index is 0.00988. The highest BCUT2D eigenvalue weighted by Gasteiger charge is 2.10. The van der Waals surface area contributed by atoms with Crippen LogP contribution in [0.2, 0.25) is 0 Å². The summed E-state index contributed by atoms with van der Waals surface area (Å²) in [6.45, 7) is 0. The summed E-state index contributed by atoms with van der Waals surface area (Å²) in [5, 5.41) is 7.45. The van der Waals surface area contributed by atoms with Crippen LogP contribution < -0.4 is 15.4 Å². The van der Waals surface area contributed by atoms with Gasteiger partial charge < -0.3 is 5.32 Å². The Bertz CT molecular complexity index is 1200. The Hall–Kier alpha value is -3.50. The van der Waals surface area contributed by atoms with E-state index in [1.807, 2.05) is 30.3 Å². The SMILES string of the molecule is CS(=O)(=O)Nc1cccc(NC(=O)Cc2csc(NC(=O)/C=C/c3ccccc3)n2)c1. The van der Waals surface area contributed by atoms with Crippen molar-refractivity contribution >= 4 is 55.8 Å². The Morgan fingerprint density at radius 1 is 1.03 bits per heavy atom. The van der Waals surface area contributed by atoms with Gasteiger partial charge in [-0.3, -0.25) is 19.6 Å². The first-order chi connectivity index (χ1) is 14.8. The highest BCUT2D eigenvalue weighted by molar-refractivity contribution is 7.92. The second-order valence-corrected chi connectivity index (χ2v) is 9.16. The Balaban J connectivity index is 1.53. The molecular formula is C21H20N4O4S2. The number of nitrogens with zero attached hydrogens (tertiary/aromatic N) is 1. The summed E-state index contributed by atoms with van der Waals surface area (Å²) >= 11 is 1.22. The van der Waals surface area contributed by atoms with E-state index in [1.54, 1.807) is 29.7 Å². The first-order valence-corrected chi connectivity index (χ1v) is 11.9. The fourth-order valence-electron chi connectivity index (χ4n) is 2.57. The number of benzene rings is 2. The van der Waals surface area contributed by atoms with Crippen molar-refractivity contribution in [2.75, 3.05) is 21.6 Å². The van der Waals surface area contributed by atoms with Gasteiger partial charge in [-0.25, -0.2) is 13.4 Å². The van der Waals surface area contributed by atoms with Gasteiger partial charge in [0, 0.05) is 17.1 Å². The van der Waals surface area contributed by atoms with Crippen molar-refractivity contribution in [2.24, 2.45) is 0 Å². The van der Waals surface area contributed by atoms with Crippen LogP contribution >= 0.6 is 11.3 Å². The summed E-state index contributed by atoms with van der Waals surface area (Å²) in [6.07, 6.45) is 4.18. The van der Waals surface area contributed by atoms with Crippen LogP contribution in [0.25, 0.3) is 6.08 Å². The number of rotatable bonds is 8. The Kier molecular flexibility index (Phi) is 7.16. The molecule has 0 atom stereocenters. The fraction of sp³-hybridized carbons (Fsp3) is 0.0952. The largest absolute Gasteiger partial charge is 0.326 e. The number of hydrogen-bond acceptors (Lipinski definition) is 6. The number of carbonyl (C=O) groups is 2. The van der Waals surface area contributed by atoms with E-state index in [1.165, 1.54) is 23.5 Å². The first-order valence-electron chi connectivity index (χ1n) is 9.13. The van der Waals surface area contributed by atoms with Gasteiger partial charge in [0.05, 0.1) is 24.1 Å². The van der Waals surface area contributed by atoms with Crippen LogP contribution in [0.15, 0.2) is 66.1 Å². The zero-order valence-electron chi connectivity index (χ0n) is 16.5. The number of amides is 2. The summed E-state index contributed by atoms with van der Waals surface area (Å²) in [5.74, 6) is -0.631. The van der Waals surface area contributed by atoms with E-state index >= 15 is 0 Å². The Labute approximate surface area is 184 Å². The van der Waals surface area contributed by atoms with Crippen molar-refractivity contribution in [2.45, 2.75) is 6.42 Å². The molecule has 0 aliphatic rings.